The van der Waals surface area contributed by atoms with Gasteiger partial charge in [0, 0.05) is 96.4 Å². The van der Waals surface area contributed by atoms with Gasteiger partial charge in [-0.05, 0) is 233 Å². The van der Waals surface area contributed by atoms with Gasteiger partial charge in [0.25, 0.3) is 0 Å². The molecule has 8 nitrogen and oxygen atoms in total. The number of benzene rings is 20. The van der Waals surface area contributed by atoms with Crippen LogP contribution in [0.25, 0.3) is 131 Å². The van der Waals surface area contributed by atoms with Crippen molar-refractivity contribution >= 4 is 133 Å². The zero-order chi connectivity index (χ0) is 85.6. The highest BCUT2D eigenvalue weighted by Gasteiger charge is 2.37. The fraction of sp³-hybridized carbons (Fsp3) is 0.0248. The van der Waals surface area contributed by atoms with E-state index < -0.39 is 0 Å². The van der Waals surface area contributed by atoms with Crippen LogP contribution in [0.1, 0.15) is 25.0 Å². The van der Waals surface area contributed by atoms with Crippen molar-refractivity contribution in [1.29, 1.82) is 0 Å². The molecule has 0 saturated heterocycles. The average Bonchev–Trinajstić information content (AvgIpc) is 1.38. The summed E-state index contributed by atoms with van der Waals surface area (Å²) in [6.07, 6.45) is 3.70. The molecule has 608 valence electrons. The third-order valence-electron chi connectivity index (χ3n) is 26.1. The number of fused-ring (bicyclic) bond motifs is 15. The minimum Gasteiger partial charge on any atom is -0.456 e. The first-order valence-electron chi connectivity index (χ1n) is 44.1. The summed E-state index contributed by atoms with van der Waals surface area (Å²) in [7, 11) is 0. The molecule has 25 rings (SSSR count). The number of hydrogen-bond acceptors (Lipinski definition) is 8. The number of hydrogen-bond donors (Lipinski definition) is 0. The predicted molar refractivity (Wildman–Crippen MR) is 537 cm³/mol. The first-order chi connectivity index (χ1) is 63.8. The van der Waals surface area contributed by atoms with Crippen molar-refractivity contribution in [1.82, 2.24) is 9.97 Å². The van der Waals surface area contributed by atoms with Gasteiger partial charge in [-0.3, -0.25) is 9.80 Å². The molecule has 0 fully saturated rings. The summed E-state index contributed by atoms with van der Waals surface area (Å²) in [6, 6.07) is 161. The predicted octanol–water partition coefficient (Wildman–Crippen LogP) is 33.8. The lowest BCUT2D eigenvalue weighted by Gasteiger charge is -2.30. The molecular formula is C121H82N6O2. The zero-order valence-corrected chi connectivity index (χ0v) is 70.9. The van der Waals surface area contributed by atoms with Crippen molar-refractivity contribution in [2.45, 2.75) is 19.3 Å². The molecule has 20 aromatic carbocycles. The lowest BCUT2D eigenvalue weighted by molar-refractivity contribution is 0.487. The number of ether oxygens (including phenoxy) is 2. The normalized spacial score (nSPS) is 12.3. The highest BCUT2D eigenvalue weighted by molar-refractivity contribution is 6.28. The Morgan fingerprint density at radius 3 is 0.984 bits per heavy atom. The Morgan fingerprint density at radius 2 is 0.535 bits per heavy atom. The number of pyridine rings is 2. The van der Waals surface area contributed by atoms with E-state index in [1.807, 2.05) is 36.7 Å². The topological polar surface area (TPSA) is 57.2 Å². The fourth-order valence-electron chi connectivity index (χ4n) is 20.3. The molecule has 8 heteroatoms. The summed E-state index contributed by atoms with van der Waals surface area (Å²) in [5.41, 5.74) is 27.2. The van der Waals surface area contributed by atoms with E-state index in [4.69, 9.17) is 19.4 Å². The molecule has 2 aliphatic heterocycles. The molecular weight excluding hydrogens is 1570 g/mol. The second-order valence-electron chi connectivity index (χ2n) is 33.8. The lowest BCUT2D eigenvalue weighted by atomic mass is 9.82. The summed E-state index contributed by atoms with van der Waals surface area (Å²) in [5, 5.41) is 14.0. The summed E-state index contributed by atoms with van der Waals surface area (Å²) in [4.78, 5) is 19.1. The number of anilines is 12. The van der Waals surface area contributed by atoms with E-state index in [0.29, 0.717) is 0 Å². The molecule has 0 amide bonds. The van der Waals surface area contributed by atoms with Crippen LogP contribution in [0.15, 0.2) is 461 Å². The average molecular weight is 1650 g/mol. The maximum atomic E-state index is 7.01. The van der Waals surface area contributed by atoms with Gasteiger partial charge in [-0.1, -0.05) is 311 Å². The molecule has 0 atom stereocenters. The van der Waals surface area contributed by atoms with Crippen LogP contribution in [0, 0.1) is 0 Å². The SMILES string of the molecule is CC1(C)c2ccccc2-c2ccc(N(c3ccccc3)c3cc4c5cccc6c5c(cc4c4ccccc34)-c3ccc(N(c4ccccn4)c4ccccc4-c4ccccc4)cc3O6)cc21.c1ccc(-c2ccccc2N(c2ccc3c(c2)Oc2cccc4c2c-3cc2c3ccccc3c(N(c3ccccc3)c3ccccc3-c3ccccc3)cc42)c2ccccn2)cc1. The van der Waals surface area contributed by atoms with Crippen LogP contribution in [-0.2, 0) is 5.41 Å². The minimum absolute atomic E-state index is 0.132. The maximum Gasteiger partial charge on any atom is 0.137 e. The van der Waals surface area contributed by atoms with E-state index in [1.165, 1.54) is 70.9 Å². The summed E-state index contributed by atoms with van der Waals surface area (Å²) < 4.78 is 14.0. The molecule has 2 aromatic heterocycles. The molecule has 0 spiro atoms. The molecule has 129 heavy (non-hydrogen) atoms. The van der Waals surface area contributed by atoms with Gasteiger partial charge in [0.15, 0.2) is 0 Å². The largest absolute Gasteiger partial charge is 0.456 e. The second-order valence-corrected chi connectivity index (χ2v) is 33.8. The van der Waals surface area contributed by atoms with Crippen molar-refractivity contribution < 1.29 is 9.47 Å². The zero-order valence-electron chi connectivity index (χ0n) is 70.9. The van der Waals surface area contributed by atoms with Gasteiger partial charge < -0.3 is 19.3 Å². The lowest BCUT2D eigenvalue weighted by Crippen LogP contribution is -2.16. The minimum atomic E-state index is -0.132. The summed E-state index contributed by atoms with van der Waals surface area (Å²) in [5.74, 6) is 4.95. The van der Waals surface area contributed by atoms with E-state index in [-0.39, 0.29) is 5.41 Å². The number of aromatic nitrogens is 2. The van der Waals surface area contributed by atoms with Crippen molar-refractivity contribution in [2.75, 3.05) is 19.6 Å². The summed E-state index contributed by atoms with van der Waals surface area (Å²) in [6.45, 7) is 4.71. The van der Waals surface area contributed by atoms with Crippen molar-refractivity contribution in [2.24, 2.45) is 0 Å². The van der Waals surface area contributed by atoms with E-state index in [0.717, 1.165) is 163 Å². The molecule has 0 N–H and O–H groups in total. The van der Waals surface area contributed by atoms with Crippen LogP contribution in [0.3, 0.4) is 0 Å². The Labute approximate surface area is 748 Å². The Hall–Kier alpha value is -16.9. The molecule has 3 aliphatic rings. The van der Waals surface area contributed by atoms with Crippen molar-refractivity contribution in [3.8, 4) is 89.8 Å². The second kappa shape index (κ2) is 31.4. The standard InChI is InChI=1S/C62H43N3O.C59H39N3O/c1-62(2)54-27-13-11-24-46(54)47-33-31-42(36-55(47)62)64(41-20-7-4-8-21-41)57-39-52-50-26-17-29-58-61(50)53(38-51(52)45-23-9-10-25-48(45)57)49-34-32-43(37-59(49)66-58)65(60-30-15-16-35-63-60)56-28-14-12-22-44(56)40-18-5-3-6-19-40;1-4-19-40(20-5-1)44-25-12-14-30-53(44)61(42-23-8-3-9-24-42)55-39-51-49-29-18-32-56-59(49)52(38-50(51)46-27-10-11-28-47(46)55)48-35-34-43(37-57(48)63-56)62(58-33-16-17-36-60-58)54-31-15-13-26-45(54)41-21-6-2-7-22-41/h3-39H,1-2H3;1-39H. The molecule has 0 bridgehead atoms. The molecule has 0 saturated carbocycles. The maximum absolute atomic E-state index is 7.01. The van der Waals surface area contributed by atoms with Gasteiger partial charge in [0.2, 0.25) is 0 Å². The van der Waals surface area contributed by atoms with Gasteiger partial charge >= 0.3 is 0 Å². The van der Waals surface area contributed by atoms with Gasteiger partial charge in [-0.15, -0.1) is 0 Å². The van der Waals surface area contributed by atoms with E-state index in [2.05, 4.69) is 458 Å². The molecule has 1 aliphatic carbocycles. The molecule has 0 unspecified atom stereocenters. The Bertz CT molecular complexity index is 8160. The van der Waals surface area contributed by atoms with Crippen LogP contribution < -0.4 is 29.1 Å². The van der Waals surface area contributed by atoms with Gasteiger partial charge in [-0.25, -0.2) is 9.97 Å². The quantitative estimate of drug-likeness (QED) is 0.0941. The van der Waals surface area contributed by atoms with Crippen LogP contribution in [-0.4, -0.2) is 9.97 Å². The van der Waals surface area contributed by atoms with E-state index in [9.17, 15) is 0 Å². The van der Waals surface area contributed by atoms with Crippen LogP contribution in [0.5, 0.6) is 23.0 Å². The summed E-state index contributed by atoms with van der Waals surface area (Å²) >= 11 is 0. The van der Waals surface area contributed by atoms with Gasteiger partial charge in [-0.2, -0.15) is 0 Å². The Kier molecular flexibility index (Phi) is 18.4. The molecule has 0 radical (unpaired) electrons. The first-order valence-corrected chi connectivity index (χ1v) is 44.1. The van der Waals surface area contributed by atoms with E-state index >= 15 is 0 Å². The van der Waals surface area contributed by atoms with Gasteiger partial charge in [0.05, 0.1) is 39.8 Å². The Morgan fingerprint density at radius 1 is 0.194 bits per heavy atom. The monoisotopic (exact) mass is 1650 g/mol. The number of rotatable bonds is 15. The fourth-order valence-corrected chi connectivity index (χ4v) is 20.3. The number of para-hydroxylation sites is 5. The van der Waals surface area contributed by atoms with Crippen LogP contribution in [0.4, 0.5) is 68.5 Å². The highest BCUT2D eigenvalue weighted by atomic mass is 16.5. The Balaban J connectivity index is 0.000000143. The third-order valence-corrected chi connectivity index (χ3v) is 26.1. The number of nitrogens with zero attached hydrogens (tertiary/aromatic N) is 6. The van der Waals surface area contributed by atoms with Crippen LogP contribution in [0.2, 0.25) is 0 Å². The highest BCUT2D eigenvalue weighted by Crippen LogP contribution is 2.58. The van der Waals surface area contributed by atoms with Crippen molar-refractivity contribution in [3.63, 3.8) is 0 Å². The van der Waals surface area contributed by atoms with E-state index in [1.54, 1.807) is 0 Å². The van der Waals surface area contributed by atoms with Gasteiger partial charge in [0.1, 0.15) is 34.6 Å². The van der Waals surface area contributed by atoms with Crippen molar-refractivity contribution in [3.05, 3.63) is 472 Å². The van der Waals surface area contributed by atoms with Crippen LogP contribution >= 0.6 is 0 Å². The smallest absolute Gasteiger partial charge is 0.137 e. The third kappa shape index (κ3) is 12.9. The molecule has 4 heterocycles. The first kappa shape index (κ1) is 75.8. The molecule has 22 aromatic rings.